The first-order chi connectivity index (χ1) is 11.0. The van der Waals surface area contributed by atoms with Crippen molar-refractivity contribution in [2.45, 2.75) is 18.9 Å². The highest BCUT2D eigenvalue weighted by molar-refractivity contribution is 5.95. The molecule has 1 aliphatic rings. The smallest absolute Gasteiger partial charge is 0.326 e. The van der Waals surface area contributed by atoms with Gasteiger partial charge >= 0.3 is 5.97 Å². The molecule has 1 amide bonds. The summed E-state index contributed by atoms with van der Waals surface area (Å²) in [6.07, 6.45) is 2.37. The van der Waals surface area contributed by atoms with Crippen LogP contribution in [0.2, 0.25) is 0 Å². The predicted molar refractivity (Wildman–Crippen MR) is 75.2 cm³/mol. The summed E-state index contributed by atoms with van der Waals surface area (Å²) < 4.78 is 27.8. The Hall–Kier alpha value is -2.77. The van der Waals surface area contributed by atoms with Gasteiger partial charge in [0.05, 0.1) is 0 Å². The number of carboxylic acids is 1. The lowest BCUT2D eigenvalue weighted by atomic mass is 10.2. The molecule has 0 aliphatic carbocycles. The Morgan fingerprint density at radius 2 is 2.04 bits per heavy atom. The van der Waals surface area contributed by atoms with Crippen LogP contribution in [0, 0.1) is 11.6 Å². The molecule has 120 valence electrons. The Labute approximate surface area is 129 Å². The van der Waals surface area contributed by atoms with Crippen molar-refractivity contribution < 1.29 is 23.5 Å². The minimum Gasteiger partial charge on any atom is -0.480 e. The fraction of sp³-hybridized carbons (Fsp3) is 0.267. The minimum atomic E-state index is -1.06. The molecule has 8 heteroatoms. The summed E-state index contributed by atoms with van der Waals surface area (Å²) in [6.45, 7) is 0.341. The van der Waals surface area contributed by atoms with Crippen molar-refractivity contribution in [3.05, 3.63) is 47.8 Å². The summed E-state index contributed by atoms with van der Waals surface area (Å²) in [4.78, 5) is 24.8. The second-order valence-electron chi connectivity index (χ2n) is 5.24. The molecule has 0 radical (unpaired) electrons. The van der Waals surface area contributed by atoms with Gasteiger partial charge in [0.25, 0.3) is 5.91 Å². The number of carbonyl (C=O) groups is 2. The molecule has 2 aromatic rings. The molecule has 0 spiro atoms. The Morgan fingerprint density at radius 1 is 1.26 bits per heavy atom. The molecule has 3 rings (SSSR count). The number of halogens is 2. The number of benzene rings is 1. The number of carbonyl (C=O) groups excluding carboxylic acids is 1. The number of rotatable bonds is 3. The summed E-state index contributed by atoms with van der Waals surface area (Å²) in [5.41, 5.74) is 0.0172. The quantitative estimate of drug-likeness (QED) is 0.936. The summed E-state index contributed by atoms with van der Waals surface area (Å²) in [6, 6.07) is 3.53. The molecule has 2 heterocycles. The first kappa shape index (κ1) is 15.1. The highest BCUT2D eigenvalue weighted by Crippen LogP contribution is 2.20. The molecular formula is C15H13F2N3O3. The van der Waals surface area contributed by atoms with E-state index in [9.17, 15) is 18.4 Å². The van der Waals surface area contributed by atoms with Crippen molar-refractivity contribution in [1.82, 2.24) is 14.7 Å². The fourth-order valence-corrected chi connectivity index (χ4v) is 2.65. The van der Waals surface area contributed by atoms with Crippen molar-refractivity contribution in [1.29, 1.82) is 0 Å². The van der Waals surface area contributed by atoms with Crippen molar-refractivity contribution in [2.75, 3.05) is 6.54 Å². The first-order valence-electron chi connectivity index (χ1n) is 7.02. The van der Waals surface area contributed by atoms with Crippen LogP contribution in [0.15, 0.2) is 30.5 Å². The maximum atomic E-state index is 13.7. The number of amides is 1. The summed E-state index contributed by atoms with van der Waals surface area (Å²) >= 11 is 0. The summed E-state index contributed by atoms with van der Waals surface area (Å²) in [7, 11) is 0. The Balaban J connectivity index is 1.87. The van der Waals surface area contributed by atoms with Crippen molar-refractivity contribution in [3.8, 4) is 5.69 Å². The second-order valence-corrected chi connectivity index (χ2v) is 5.24. The summed E-state index contributed by atoms with van der Waals surface area (Å²) in [5.74, 6) is -3.09. The van der Waals surface area contributed by atoms with Gasteiger partial charge in [0.15, 0.2) is 11.5 Å². The lowest BCUT2D eigenvalue weighted by molar-refractivity contribution is -0.141. The third kappa shape index (κ3) is 2.79. The van der Waals surface area contributed by atoms with E-state index < -0.39 is 29.6 Å². The van der Waals surface area contributed by atoms with Gasteiger partial charge in [0, 0.05) is 18.8 Å². The van der Waals surface area contributed by atoms with Crippen LogP contribution in [0.1, 0.15) is 23.3 Å². The van der Waals surface area contributed by atoms with Crippen molar-refractivity contribution in [2.24, 2.45) is 0 Å². The average Bonchev–Trinajstić information content (AvgIpc) is 3.16. The van der Waals surface area contributed by atoms with Gasteiger partial charge in [0.2, 0.25) is 0 Å². The number of nitrogens with zero attached hydrogens (tertiary/aromatic N) is 3. The molecule has 1 fully saturated rings. The van der Waals surface area contributed by atoms with Crippen molar-refractivity contribution in [3.63, 3.8) is 0 Å². The SMILES string of the molecule is O=C(O)[C@H]1CCCN1C(=O)c1ccn(-c2ccc(F)cc2F)n1. The Kier molecular flexibility index (Phi) is 3.81. The molecule has 1 saturated heterocycles. The monoisotopic (exact) mass is 321 g/mol. The van der Waals surface area contributed by atoms with Gasteiger partial charge in [-0.05, 0) is 31.0 Å². The largest absolute Gasteiger partial charge is 0.480 e. The molecule has 1 aromatic heterocycles. The molecule has 1 N–H and O–H groups in total. The van der Waals surface area contributed by atoms with Crippen LogP contribution in [-0.2, 0) is 4.79 Å². The number of likely N-dealkylation sites (tertiary alicyclic amines) is 1. The average molecular weight is 321 g/mol. The number of aliphatic carboxylic acids is 1. The Bertz CT molecular complexity index is 775. The van der Waals surface area contributed by atoms with Gasteiger partial charge < -0.3 is 10.0 Å². The standard InChI is InChI=1S/C15H13F2N3O3/c16-9-3-4-12(10(17)8-9)20-7-5-11(18-20)14(21)19-6-1-2-13(19)15(22)23/h3-5,7-8,13H,1-2,6H2,(H,22,23)/t13-/m1/s1. The third-order valence-corrected chi connectivity index (χ3v) is 3.76. The van der Waals surface area contributed by atoms with E-state index in [1.54, 1.807) is 0 Å². The maximum Gasteiger partial charge on any atom is 0.326 e. The maximum absolute atomic E-state index is 13.7. The molecule has 1 aliphatic heterocycles. The van der Waals surface area contributed by atoms with E-state index in [2.05, 4.69) is 5.10 Å². The van der Waals surface area contributed by atoms with E-state index in [0.717, 1.165) is 16.8 Å². The zero-order valence-electron chi connectivity index (χ0n) is 11.9. The second kappa shape index (κ2) is 5.79. The highest BCUT2D eigenvalue weighted by atomic mass is 19.1. The number of hydrogen-bond acceptors (Lipinski definition) is 3. The van der Waals surface area contributed by atoms with Crippen LogP contribution in [0.4, 0.5) is 8.78 Å². The lowest BCUT2D eigenvalue weighted by Crippen LogP contribution is -2.40. The van der Waals surface area contributed by atoms with Crippen LogP contribution >= 0.6 is 0 Å². The van der Waals surface area contributed by atoms with E-state index in [1.807, 2.05) is 0 Å². The number of hydrogen-bond donors (Lipinski definition) is 1. The molecule has 1 aromatic carbocycles. The highest BCUT2D eigenvalue weighted by Gasteiger charge is 2.35. The lowest BCUT2D eigenvalue weighted by Gasteiger charge is -2.20. The zero-order chi connectivity index (χ0) is 16.6. The van der Waals surface area contributed by atoms with Crippen LogP contribution in [0.25, 0.3) is 5.69 Å². The summed E-state index contributed by atoms with van der Waals surface area (Å²) in [5, 5.41) is 13.1. The van der Waals surface area contributed by atoms with Crippen LogP contribution in [0.3, 0.4) is 0 Å². The molecule has 0 unspecified atom stereocenters. The van der Waals surface area contributed by atoms with E-state index in [-0.39, 0.29) is 11.4 Å². The van der Waals surface area contributed by atoms with Crippen LogP contribution in [0.5, 0.6) is 0 Å². The zero-order valence-corrected chi connectivity index (χ0v) is 11.9. The van der Waals surface area contributed by atoms with Crippen LogP contribution in [-0.4, -0.2) is 44.3 Å². The van der Waals surface area contributed by atoms with E-state index in [1.165, 1.54) is 23.2 Å². The van der Waals surface area contributed by atoms with Gasteiger partial charge in [-0.3, -0.25) is 4.79 Å². The van der Waals surface area contributed by atoms with Gasteiger partial charge in [-0.1, -0.05) is 0 Å². The molecule has 0 bridgehead atoms. The van der Waals surface area contributed by atoms with Crippen molar-refractivity contribution >= 4 is 11.9 Å². The van der Waals surface area contributed by atoms with Gasteiger partial charge in [-0.25, -0.2) is 18.3 Å². The first-order valence-corrected chi connectivity index (χ1v) is 7.02. The van der Waals surface area contributed by atoms with E-state index in [4.69, 9.17) is 5.11 Å². The topological polar surface area (TPSA) is 75.4 Å². The van der Waals surface area contributed by atoms with Crippen LogP contribution < -0.4 is 0 Å². The molecular weight excluding hydrogens is 308 g/mol. The molecule has 0 saturated carbocycles. The van der Waals surface area contributed by atoms with Gasteiger partial charge in [-0.2, -0.15) is 5.10 Å². The van der Waals surface area contributed by atoms with E-state index >= 15 is 0 Å². The Morgan fingerprint density at radius 3 is 2.74 bits per heavy atom. The van der Waals surface area contributed by atoms with Gasteiger partial charge in [0.1, 0.15) is 17.5 Å². The fourth-order valence-electron chi connectivity index (χ4n) is 2.65. The third-order valence-electron chi connectivity index (χ3n) is 3.76. The number of carboxylic acid groups (broad SMARTS) is 1. The number of aromatic nitrogens is 2. The van der Waals surface area contributed by atoms with Gasteiger partial charge in [-0.15, -0.1) is 0 Å². The molecule has 1 atom stereocenters. The molecule has 6 nitrogen and oxygen atoms in total. The predicted octanol–water partition coefficient (Wildman–Crippen LogP) is 1.84. The molecule has 23 heavy (non-hydrogen) atoms. The normalized spacial score (nSPS) is 17.5. The van der Waals surface area contributed by atoms with E-state index in [0.29, 0.717) is 19.4 Å². The minimum absolute atomic E-state index is 0.00153.